The van der Waals surface area contributed by atoms with Gasteiger partial charge in [-0.1, -0.05) is 85.9 Å². The molecule has 0 fully saturated rings. The zero-order valence-electron chi connectivity index (χ0n) is 23.1. The molecule has 0 bridgehead atoms. The largest absolute Gasteiger partial charge is 0.494 e. The molecule has 5 rings (SSSR count). The van der Waals surface area contributed by atoms with Crippen LogP contribution in [0.1, 0.15) is 34.8 Å². The molecule has 0 radical (unpaired) electrons. The van der Waals surface area contributed by atoms with E-state index >= 15 is 0 Å². The van der Waals surface area contributed by atoms with Crippen LogP contribution >= 0.6 is 43.5 Å². The van der Waals surface area contributed by atoms with E-state index < -0.39 is 11.6 Å². The maximum Gasteiger partial charge on any atom is 0.266 e. The molecule has 1 amide bonds. The van der Waals surface area contributed by atoms with Crippen LogP contribution in [0.5, 0.6) is 5.75 Å². The van der Waals surface area contributed by atoms with Crippen molar-refractivity contribution in [3.8, 4) is 5.75 Å². The predicted molar refractivity (Wildman–Crippen MR) is 175 cm³/mol. The molecule has 10 heteroatoms. The first-order chi connectivity index (χ1) is 20.9. The average molecular weight is 728 g/mol. The van der Waals surface area contributed by atoms with Crippen molar-refractivity contribution in [3.63, 3.8) is 0 Å². The number of nitrogens with zero attached hydrogens (tertiary/aromatic N) is 1. The summed E-state index contributed by atoms with van der Waals surface area (Å²) in [6, 6.07) is 30.3. The van der Waals surface area contributed by atoms with Gasteiger partial charge in [-0.3, -0.25) is 10.2 Å². The van der Waals surface area contributed by atoms with E-state index in [0.717, 1.165) is 25.6 Å². The van der Waals surface area contributed by atoms with Gasteiger partial charge in [0, 0.05) is 45.5 Å². The zero-order chi connectivity index (χ0) is 30.2. The van der Waals surface area contributed by atoms with E-state index in [4.69, 9.17) is 31.2 Å². The summed E-state index contributed by atoms with van der Waals surface area (Å²) in [5.41, 5.74) is 8.04. The highest BCUT2D eigenvalue weighted by atomic mass is 79.9. The summed E-state index contributed by atoms with van der Waals surface area (Å²) in [7, 11) is 0. The van der Waals surface area contributed by atoms with Crippen molar-refractivity contribution in [3.05, 3.63) is 133 Å². The molecule has 0 aliphatic carbocycles. The first-order valence-corrected chi connectivity index (χ1v) is 15.7. The van der Waals surface area contributed by atoms with Gasteiger partial charge in [0.2, 0.25) is 5.90 Å². The Bertz CT molecular complexity index is 1570. The maximum absolute atomic E-state index is 14.3. The Morgan fingerprint density at radius 3 is 2.40 bits per heavy atom. The molecule has 3 N–H and O–H groups in total. The number of aliphatic hydroxyl groups is 1. The molecule has 2 atom stereocenters. The SMILES string of the molecule is O=C(NNCc1ccc(Cl)cc1)[C@@]1(Cc2ccccc2Br)N=C(c2ccc(OCCCO)cc2)O[C@H]1c1ccc(Br)cc1. The lowest BCUT2D eigenvalue weighted by Crippen LogP contribution is -2.53. The van der Waals surface area contributed by atoms with Crippen molar-refractivity contribution >= 4 is 55.3 Å². The quantitative estimate of drug-likeness (QED) is 0.109. The van der Waals surface area contributed by atoms with Gasteiger partial charge in [0.1, 0.15) is 5.75 Å². The first kappa shape index (κ1) is 31.2. The lowest BCUT2D eigenvalue weighted by atomic mass is 9.82. The molecule has 222 valence electrons. The number of hydrazine groups is 1. The number of carbonyl (C=O) groups is 1. The molecule has 0 spiro atoms. The number of benzene rings is 4. The predicted octanol–water partition coefficient (Wildman–Crippen LogP) is 6.95. The summed E-state index contributed by atoms with van der Waals surface area (Å²) in [4.78, 5) is 19.4. The Hall–Kier alpha value is -3.21. The minimum atomic E-state index is -1.35. The summed E-state index contributed by atoms with van der Waals surface area (Å²) in [5.74, 6) is 0.697. The van der Waals surface area contributed by atoms with Crippen LogP contribution < -0.4 is 15.6 Å². The normalized spacial score (nSPS) is 17.7. The minimum Gasteiger partial charge on any atom is -0.494 e. The van der Waals surface area contributed by atoms with Gasteiger partial charge in [0.05, 0.1) is 6.61 Å². The van der Waals surface area contributed by atoms with Crippen LogP contribution in [0.3, 0.4) is 0 Å². The van der Waals surface area contributed by atoms with Crippen LogP contribution in [0.4, 0.5) is 0 Å². The molecule has 4 aromatic rings. The van der Waals surface area contributed by atoms with E-state index in [1.807, 2.05) is 97.1 Å². The second-order valence-electron chi connectivity index (χ2n) is 10.0. The Morgan fingerprint density at radius 1 is 0.977 bits per heavy atom. The Balaban J connectivity index is 1.51. The van der Waals surface area contributed by atoms with Crippen LogP contribution in [0.15, 0.2) is 111 Å². The zero-order valence-corrected chi connectivity index (χ0v) is 27.0. The van der Waals surface area contributed by atoms with Crippen LogP contribution in [-0.2, 0) is 22.5 Å². The molecular weight excluding hydrogens is 698 g/mol. The van der Waals surface area contributed by atoms with E-state index in [2.05, 4.69) is 42.7 Å². The van der Waals surface area contributed by atoms with Crippen LogP contribution in [0, 0.1) is 0 Å². The Labute approximate surface area is 272 Å². The van der Waals surface area contributed by atoms with Crippen molar-refractivity contribution in [2.45, 2.75) is 31.0 Å². The third-order valence-electron chi connectivity index (χ3n) is 7.03. The number of aliphatic hydroxyl groups excluding tert-OH is 1. The summed E-state index contributed by atoms with van der Waals surface area (Å²) in [6.45, 7) is 0.875. The number of hydrogen-bond donors (Lipinski definition) is 3. The molecule has 1 heterocycles. The molecule has 1 aliphatic rings. The van der Waals surface area contributed by atoms with Crippen LogP contribution in [-0.4, -0.2) is 35.7 Å². The van der Waals surface area contributed by atoms with E-state index in [0.29, 0.717) is 41.8 Å². The summed E-state index contributed by atoms with van der Waals surface area (Å²) >= 11 is 13.2. The van der Waals surface area contributed by atoms with Crippen LogP contribution in [0.25, 0.3) is 0 Å². The van der Waals surface area contributed by atoms with Gasteiger partial charge in [0.25, 0.3) is 5.91 Å². The number of nitrogens with one attached hydrogen (secondary N) is 2. The van der Waals surface area contributed by atoms with Crippen molar-refractivity contribution < 1.29 is 19.4 Å². The number of carbonyl (C=O) groups excluding carboxylic acids is 1. The number of rotatable bonds is 12. The molecule has 0 saturated carbocycles. The fraction of sp³-hybridized carbons (Fsp3) is 0.212. The number of ether oxygens (including phenoxy) is 2. The lowest BCUT2D eigenvalue weighted by Gasteiger charge is -2.31. The fourth-order valence-corrected chi connectivity index (χ4v) is 5.60. The monoisotopic (exact) mass is 725 g/mol. The van der Waals surface area contributed by atoms with Gasteiger partial charge >= 0.3 is 0 Å². The summed E-state index contributed by atoms with van der Waals surface area (Å²) in [5, 5.41) is 9.69. The van der Waals surface area contributed by atoms with E-state index in [-0.39, 0.29) is 18.9 Å². The van der Waals surface area contributed by atoms with Crippen molar-refractivity contribution in [1.29, 1.82) is 0 Å². The van der Waals surface area contributed by atoms with Gasteiger partial charge in [-0.25, -0.2) is 10.4 Å². The standard InChI is InChI=1S/C33H30Br2ClN3O4/c34-26-12-8-23(9-13-26)30-33(20-25-4-1-2-5-29(25)35,32(41)39-37-21-22-6-14-27(36)15-7-22)38-31(43-30)24-10-16-28(17-11-24)42-19-3-18-40/h1-2,4-17,30,37,40H,3,18-21H2,(H,39,41)/t30-,33-/m0/s1. The smallest absolute Gasteiger partial charge is 0.266 e. The summed E-state index contributed by atoms with van der Waals surface area (Å²) < 4.78 is 14.1. The Morgan fingerprint density at radius 2 is 1.70 bits per heavy atom. The van der Waals surface area contributed by atoms with Crippen molar-refractivity contribution in [1.82, 2.24) is 10.9 Å². The van der Waals surface area contributed by atoms with E-state index in [1.165, 1.54) is 0 Å². The second-order valence-corrected chi connectivity index (χ2v) is 12.2. The third-order valence-corrected chi connectivity index (χ3v) is 8.58. The van der Waals surface area contributed by atoms with Crippen molar-refractivity contribution in [2.24, 2.45) is 4.99 Å². The highest BCUT2D eigenvalue weighted by Crippen LogP contribution is 2.43. The van der Waals surface area contributed by atoms with Gasteiger partial charge in [-0.2, -0.15) is 0 Å². The van der Waals surface area contributed by atoms with E-state index in [9.17, 15) is 4.79 Å². The molecule has 0 aromatic heterocycles. The van der Waals surface area contributed by atoms with Crippen molar-refractivity contribution in [2.75, 3.05) is 13.2 Å². The molecule has 1 aliphatic heterocycles. The highest BCUT2D eigenvalue weighted by Gasteiger charge is 2.53. The average Bonchev–Trinajstić information content (AvgIpc) is 3.40. The number of amides is 1. The molecule has 0 saturated heterocycles. The van der Waals surface area contributed by atoms with Gasteiger partial charge < -0.3 is 14.6 Å². The lowest BCUT2D eigenvalue weighted by molar-refractivity contribution is -0.130. The topological polar surface area (TPSA) is 92.2 Å². The molecule has 43 heavy (non-hydrogen) atoms. The highest BCUT2D eigenvalue weighted by molar-refractivity contribution is 9.10. The molecular formula is C33H30Br2ClN3O4. The molecule has 4 aromatic carbocycles. The number of hydrogen-bond acceptors (Lipinski definition) is 6. The van der Waals surface area contributed by atoms with Gasteiger partial charge in [-0.15, -0.1) is 0 Å². The molecule has 0 unspecified atom stereocenters. The molecule has 7 nitrogen and oxygen atoms in total. The summed E-state index contributed by atoms with van der Waals surface area (Å²) in [6.07, 6.45) is 0.0983. The first-order valence-electron chi connectivity index (χ1n) is 13.8. The van der Waals surface area contributed by atoms with Gasteiger partial charge in [0.15, 0.2) is 11.6 Å². The number of aliphatic imine (C=N–C) groups is 1. The second kappa shape index (κ2) is 14.5. The number of halogens is 3. The van der Waals surface area contributed by atoms with E-state index in [1.54, 1.807) is 0 Å². The maximum atomic E-state index is 14.3. The third kappa shape index (κ3) is 7.66. The van der Waals surface area contributed by atoms with Gasteiger partial charge in [-0.05, 0) is 71.3 Å². The fourth-order valence-electron chi connectivity index (χ4n) is 4.79. The van der Waals surface area contributed by atoms with Crippen LogP contribution in [0.2, 0.25) is 5.02 Å². The minimum absolute atomic E-state index is 0.0659. The Kier molecular flexibility index (Phi) is 10.5.